The molecule has 2 aliphatic rings. The van der Waals surface area contributed by atoms with Gasteiger partial charge in [0.2, 0.25) is 10.0 Å². The Morgan fingerprint density at radius 3 is 2.58 bits per heavy atom. The van der Waals surface area contributed by atoms with Crippen molar-refractivity contribution >= 4 is 27.7 Å². The van der Waals surface area contributed by atoms with Gasteiger partial charge in [0.1, 0.15) is 0 Å². The van der Waals surface area contributed by atoms with Crippen LogP contribution >= 0.6 is 11.6 Å². The van der Waals surface area contributed by atoms with Crippen LogP contribution in [0, 0.1) is 5.92 Å². The molecule has 1 aliphatic heterocycles. The number of hydrogen-bond acceptors (Lipinski definition) is 3. The Hall–Kier alpha value is -2.15. The van der Waals surface area contributed by atoms with Crippen LogP contribution in [-0.4, -0.2) is 41.6 Å². The van der Waals surface area contributed by atoms with Crippen molar-refractivity contribution in [3.8, 4) is 0 Å². The molecule has 1 saturated heterocycles. The van der Waals surface area contributed by atoms with Crippen LogP contribution in [0.15, 0.2) is 66.3 Å². The van der Waals surface area contributed by atoms with Crippen LogP contribution in [0.5, 0.6) is 0 Å². The second-order valence-electron chi connectivity index (χ2n) is 9.70. The summed E-state index contributed by atoms with van der Waals surface area (Å²) in [6.07, 6.45) is 17.6. The molecule has 1 aliphatic carbocycles. The maximum Gasteiger partial charge on any atom is 0.211 e. The predicted octanol–water partition coefficient (Wildman–Crippen LogP) is 5.63. The van der Waals surface area contributed by atoms with Crippen molar-refractivity contribution in [3.63, 3.8) is 0 Å². The normalized spacial score (nSPS) is 20.9. The number of benzene rings is 1. The topological polar surface area (TPSA) is 55.2 Å². The molecule has 1 unspecified atom stereocenters. The van der Waals surface area contributed by atoms with Crippen molar-refractivity contribution in [1.29, 1.82) is 0 Å². The highest BCUT2D eigenvalue weighted by Crippen LogP contribution is 2.41. The zero-order valence-electron chi connectivity index (χ0n) is 19.7. The highest BCUT2D eigenvalue weighted by Gasteiger charge is 2.31. The van der Waals surface area contributed by atoms with Gasteiger partial charge >= 0.3 is 0 Å². The summed E-state index contributed by atoms with van der Waals surface area (Å²) in [7, 11) is -3.14. The molecule has 176 valence electrons. The number of hydrogen-bond donors (Lipinski definition) is 0. The van der Waals surface area contributed by atoms with E-state index < -0.39 is 10.0 Å². The zero-order valence-corrected chi connectivity index (χ0v) is 21.3. The summed E-state index contributed by atoms with van der Waals surface area (Å²) in [5, 5.41) is 0.720. The molecule has 1 fully saturated rings. The van der Waals surface area contributed by atoms with E-state index in [1.54, 1.807) is 10.5 Å². The van der Waals surface area contributed by atoms with E-state index in [0.717, 1.165) is 29.0 Å². The van der Waals surface area contributed by atoms with Gasteiger partial charge in [0, 0.05) is 36.4 Å². The molecule has 1 atom stereocenters. The van der Waals surface area contributed by atoms with Gasteiger partial charge < -0.3 is 4.57 Å². The largest absolute Gasteiger partial charge is 0.328 e. The molecule has 0 spiro atoms. The Balaban J connectivity index is 1.66. The quantitative estimate of drug-likeness (QED) is 0.551. The lowest BCUT2D eigenvalue weighted by molar-refractivity contribution is 0.260. The molecule has 0 bridgehead atoms. The molecule has 2 heterocycles. The van der Waals surface area contributed by atoms with Gasteiger partial charge in [-0.3, -0.25) is 0 Å². The number of aromatic nitrogens is 2. The molecule has 2 aromatic rings. The third-order valence-electron chi connectivity index (χ3n) is 6.92. The fourth-order valence-corrected chi connectivity index (χ4v) is 5.88. The lowest BCUT2D eigenvalue weighted by Crippen LogP contribution is -2.39. The predicted molar refractivity (Wildman–Crippen MR) is 136 cm³/mol. The minimum absolute atomic E-state index is 0.209. The fraction of sp³-hybridized carbons (Fsp3) is 0.423. The van der Waals surface area contributed by atoms with E-state index in [-0.39, 0.29) is 11.5 Å². The first kappa shape index (κ1) is 24.0. The summed E-state index contributed by atoms with van der Waals surface area (Å²) < 4.78 is 27.6. The molecule has 33 heavy (non-hydrogen) atoms. The van der Waals surface area contributed by atoms with Crippen molar-refractivity contribution < 1.29 is 8.42 Å². The standard InChI is InChI=1S/C26H32ClN3O2S/c1-19-15-25(20-8-12-30(13-9-20)33(4,31)32)24-6-5-23(27)17-22(24)16-21(19)7-10-26(2,3)29-14-11-28-18-29/h5-7,10-11,14-18,20,25H,8-9,12-13H2,1-4H3/b10-7+. The molecule has 5 nitrogen and oxygen atoms in total. The van der Waals surface area contributed by atoms with Crippen LogP contribution in [0.2, 0.25) is 5.02 Å². The monoisotopic (exact) mass is 485 g/mol. The highest BCUT2D eigenvalue weighted by atomic mass is 35.5. The van der Waals surface area contributed by atoms with Crippen molar-refractivity contribution in [2.45, 2.75) is 45.1 Å². The zero-order chi connectivity index (χ0) is 23.8. The van der Waals surface area contributed by atoms with Crippen LogP contribution in [-0.2, 0) is 15.6 Å². The van der Waals surface area contributed by atoms with Gasteiger partial charge in [-0.1, -0.05) is 35.9 Å². The summed E-state index contributed by atoms with van der Waals surface area (Å²) in [6, 6.07) is 6.13. The van der Waals surface area contributed by atoms with Gasteiger partial charge in [-0.05, 0) is 80.0 Å². The van der Waals surface area contributed by atoms with Gasteiger partial charge in [-0.25, -0.2) is 17.7 Å². The van der Waals surface area contributed by atoms with Crippen LogP contribution in [0.3, 0.4) is 0 Å². The number of imidazole rings is 1. The van der Waals surface area contributed by atoms with E-state index in [0.29, 0.717) is 19.0 Å². The molecule has 1 aromatic heterocycles. The van der Waals surface area contributed by atoms with Crippen molar-refractivity contribution in [2.24, 2.45) is 5.92 Å². The number of fused-ring (bicyclic) bond motifs is 1. The number of halogens is 1. The van der Waals surface area contributed by atoms with Crippen molar-refractivity contribution in [1.82, 2.24) is 13.9 Å². The minimum atomic E-state index is -3.14. The van der Waals surface area contributed by atoms with E-state index in [4.69, 9.17) is 11.6 Å². The lowest BCUT2D eigenvalue weighted by atomic mass is 9.78. The van der Waals surface area contributed by atoms with Gasteiger partial charge in [0.15, 0.2) is 0 Å². The number of rotatable bonds is 5. The summed E-state index contributed by atoms with van der Waals surface area (Å²) in [5.41, 5.74) is 4.55. The first-order chi connectivity index (χ1) is 15.5. The van der Waals surface area contributed by atoms with Gasteiger partial charge in [0.25, 0.3) is 0 Å². The third-order valence-corrected chi connectivity index (χ3v) is 8.46. The molecular weight excluding hydrogens is 454 g/mol. The SMILES string of the molecule is CC1=CC(C2CCN(S(C)(=O)=O)CC2)c2ccc(Cl)cc2C=C1/C=C/C(C)(C)n1ccnc1. The Kier molecular flexibility index (Phi) is 6.72. The molecule has 0 amide bonds. The van der Waals surface area contributed by atoms with Crippen molar-refractivity contribution in [3.05, 3.63) is 82.4 Å². The smallest absolute Gasteiger partial charge is 0.211 e. The Labute approximate surface area is 202 Å². The summed E-state index contributed by atoms with van der Waals surface area (Å²) >= 11 is 6.39. The summed E-state index contributed by atoms with van der Waals surface area (Å²) in [5.74, 6) is 0.611. The first-order valence-corrected chi connectivity index (χ1v) is 13.6. The maximum absolute atomic E-state index is 12.0. The van der Waals surface area contributed by atoms with Crippen LogP contribution in [0.25, 0.3) is 6.08 Å². The van der Waals surface area contributed by atoms with E-state index in [2.05, 4.69) is 60.7 Å². The molecule has 4 rings (SSSR count). The van der Waals surface area contributed by atoms with E-state index >= 15 is 0 Å². The highest BCUT2D eigenvalue weighted by molar-refractivity contribution is 7.88. The van der Waals surface area contributed by atoms with Gasteiger partial charge in [0.05, 0.1) is 18.1 Å². The van der Waals surface area contributed by atoms with E-state index in [9.17, 15) is 8.42 Å². The molecule has 0 saturated carbocycles. The average Bonchev–Trinajstić information content (AvgIpc) is 3.27. The molecule has 1 aromatic carbocycles. The van der Waals surface area contributed by atoms with Crippen LogP contribution in [0.1, 0.15) is 50.7 Å². The van der Waals surface area contributed by atoms with E-state index in [1.807, 2.05) is 24.7 Å². The number of piperidine rings is 1. The van der Waals surface area contributed by atoms with Crippen molar-refractivity contribution in [2.75, 3.05) is 19.3 Å². The van der Waals surface area contributed by atoms with E-state index in [1.165, 1.54) is 17.4 Å². The second kappa shape index (κ2) is 9.24. The summed E-state index contributed by atoms with van der Waals surface area (Å²) in [4.78, 5) is 4.18. The third kappa shape index (κ3) is 5.34. The van der Waals surface area contributed by atoms with Gasteiger partial charge in [-0.15, -0.1) is 0 Å². The Morgan fingerprint density at radius 2 is 1.94 bits per heavy atom. The molecule has 0 N–H and O–H groups in total. The average molecular weight is 486 g/mol. The number of sulfonamides is 1. The Bertz CT molecular complexity index is 1200. The molecular formula is C26H32ClN3O2S. The second-order valence-corrected chi connectivity index (χ2v) is 12.1. The summed E-state index contributed by atoms with van der Waals surface area (Å²) in [6.45, 7) is 7.63. The molecule has 7 heteroatoms. The maximum atomic E-state index is 12.0. The molecule has 0 radical (unpaired) electrons. The minimum Gasteiger partial charge on any atom is -0.328 e. The van der Waals surface area contributed by atoms with Crippen LogP contribution < -0.4 is 0 Å². The van der Waals surface area contributed by atoms with Gasteiger partial charge in [-0.2, -0.15) is 0 Å². The number of allylic oxidation sites excluding steroid dienone is 5. The lowest BCUT2D eigenvalue weighted by Gasteiger charge is -2.34. The Morgan fingerprint density at radius 1 is 1.21 bits per heavy atom. The number of nitrogens with zero attached hydrogens (tertiary/aromatic N) is 3. The van der Waals surface area contributed by atoms with Crippen LogP contribution in [0.4, 0.5) is 0 Å². The first-order valence-electron chi connectivity index (χ1n) is 11.4. The fourth-order valence-electron chi connectivity index (χ4n) is 4.83.